The molecule has 0 amide bonds. The van der Waals surface area contributed by atoms with Crippen molar-refractivity contribution in [3.05, 3.63) is 29.8 Å². The summed E-state index contributed by atoms with van der Waals surface area (Å²) >= 11 is 0. The van der Waals surface area contributed by atoms with Gasteiger partial charge in [-0.25, -0.2) is 0 Å². The van der Waals surface area contributed by atoms with Gasteiger partial charge >= 0.3 is 0 Å². The average Bonchev–Trinajstić information content (AvgIpc) is 2.06. The predicted octanol–water partition coefficient (Wildman–Crippen LogP) is 2.84. The normalized spacial score (nSPS) is 9.83. The second-order valence-electron chi connectivity index (χ2n) is 2.76. The lowest BCUT2D eigenvalue weighted by Crippen LogP contribution is -1.92. The van der Waals surface area contributed by atoms with Crippen LogP contribution >= 0.6 is 0 Å². The molecule has 1 aromatic rings. The summed E-state index contributed by atoms with van der Waals surface area (Å²) in [6.07, 6.45) is 2.28. The summed E-state index contributed by atoms with van der Waals surface area (Å²) in [7, 11) is 0. The van der Waals surface area contributed by atoms with E-state index in [1.165, 1.54) is 12.0 Å². The molecule has 0 aromatic heterocycles. The lowest BCUT2D eigenvalue weighted by atomic mass is 10.1. The topological polar surface area (TPSA) is 9.23 Å². The Hall–Kier alpha value is -0.980. The zero-order valence-corrected chi connectivity index (χ0v) is 7.76. The van der Waals surface area contributed by atoms with Crippen molar-refractivity contribution in [3.8, 4) is 5.75 Å². The Labute approximate surface area is 74.4 Å². The monoisotopic (exact) mass is 163 g/mol. The largest absolute Gasteiger partial charge is 0.494 e. The van der Waals surface area contributed by atoms with Crippen LogP contribution in [0.3, 0.4) is 0 Å². The van der Waals surface area contributed by atoms with Crippen LogP contribution in [-0.2, 0) is 6.42 Å². The van der Waals surface area contributed by atoms with E-state index in [0.29, 0.717) is 0 Å². The molecule has 1 aromatic carbocycles. The minimum Gasteiger partial charge on any atom is -0.494 e. The van der Waals surface area contributed by atoms with Gasteiger partial charge in [-0.15, -0.1) is 0 Å². The van der Waals surface area contributed by atoms with Crippen molar-refractivity contribution in [1.82, 2.24) is 0 Å². The third kappa shape index (κ3) is 2.57. The third-order valence-corrected chi connectivity index (χ3v) is 1.67. The standard InChI is InChI=1S/C11H15O/c1-3-6-10-7-5-8-11(9-10)12-4-2/h7-9H,3-4,6H2,1-2H3. The van der Waals surface area contributed by atoms with Gasteiger partial charge in [-0.05, 0) is 37.1 Å². The van der Waals surface area contributed by atoms with Crippen LogP contribution in [0.4, 0.5) is 0 Å². The third-order valence-electron chi connectivity index (χ3n) is 1.67. The second-order valence-corrected chi connectivity index (χ2v) is 2.76. The van der Waals surface area contributed by atoms with E-state index in [1.54, 1.807) is 0 Å². The van der Waals surface area contributed by atoms with Crippen molar-refractivity contribution in [3.63, 3.8) is 0 Å². The van der Waals surface area contributed by atoms with Crippen LogP contribution in [0.15, 0.2) is 18.2 Å². The van der Waals surface area contributed by atoms with Gasteiger partial charge < -0.3 is 4.74 Å². The van der Waals surface area contributed by atoms with Gasteiger partial charge in [0.05, 0.1) is 6.61 Å². The molecule has 12 heavy (non-hydrogen) atoms. The highest BCUT2D eigenvalue weighted by molar-refractivity contribution is 5.27. The van der Waals surface area contributed by atoms with Gasteiger partial charge in [0.1, 0.15) is 5.75 Å². The van der Waals surface area contributed by atoms with Gasteiger partial charge in [0, 0.05) is 0 Å². The summed E-state index contributed by atoms with van der Waals surface area (Å²) in [5, 5.41) is 0. The number of rotatable bonds is 4. The number of hydrogen-bond donors (Lipinski definition) is 0. The molecule has 1 heteroatoms. The molecule has 1 radical (unpaired) electrons. The SMILES string of the molecule is CCCc1c[c]cc(OCC)c1. The molecule has 1 rings (SSSR count). The molecule has 0 spiro atoms. The molecule has 0 fully saturated rings. The Morgan fingerprint density at radius 3 is 2.83 bits per heavy atom. The maximum atomic E-state index is 5.36. The van der Waals surface area contributed by atoms with E-state index in [9.17, 15) is 0 Å². The molecule has 0 bridgehead atoms. The molecule has 65 valence electrons. The van der Waals surface area contributed by atoms with Crippen molar-refractivity contribution < 1.29 is 4.74 Å². The second kappa shape index (κ2) is 4.81. The smallest absolute Gasteiger partial charge is 0.120 e. The van der Waals surface area contributed by atoms with E-state index in [0.717, 1.165) is 18.8 Å². The first-order valence-corrected chi connectivity index (χ1v) is 4.49. The zero-order valence-electron chi connectivity index (χ0n) is 7.76. The zero-order chi connectivity index (χ0) is 8.81. The summed E-state index contributed by atoms with van der Waals surface area (Å²) in [6, 6.07) is 9.06. The Morgan fingerprint density at radius 2 is 2.17 bits per heavy atom. The molecule has 0 unspecified atom stereocenters. The first-order chi connectivity index (χ1) is 5.86. The van der Waals surface area contributed by atoms with Crippen LogP contribution in [-0.4, -0.2) is 6.61 Å². The quantitative estimate of drug-likeness (QED) is 0.663. The van der Waals surface area contributed by atoms with E-state index in [4.69, 9.17) is 4.74 Å². The van der Waals surface area contributed by atoms with Gasteiger partial charge in [0.2, 0.25) is 0 Å². The minimum atomic E-state index is 0.726. The van der Waals surface area contributed by atoms with E-state index < -0.39 is 0 Å². The van der Waals surface area contributed by atoms with Crippen LogP contribution < -0.4 is 4.74 Å². The van der Waals surface area contributed by atoms with E-state index in [-0.39, 0.29) is 0 Å². The van der Waals surface area contributed by atoms with E-state index >= 15 is 0 Å². The fraction of sp³-hybridized carbons (Fsp3) is 0.455. The molecule has 0 heterocycles. The van der Waals surface area contributed by atoms with Crippen molar-refractivity contribution in [1.29, 1.82) is 0 Å². The number of ether oxygens (including phenoxy) is 1. The van der Waals surface area contributed by atoms with Gasteiger partial charge in [0.15, 0.2) is 0 Å². The Bertz CT molecular complexity index is 209. The molecule has 0 aliphatic carbocycles. The lowest BCUT2D eigenvalue weighted by molar-refractivity contribution is 0.340. The van der Waals surface area contributed by atoms with Crippen LogP contribution in [0, 0.1) is 6.07 Å². The Kier molecular flexibility index (Phi) is 3.65. The summed E-state index contributed by atoms with van der Waals surface area (Å²) in [4.78, 5) is 0. The van der Waals surface area contributed by atoms with Gasteiger partial charge in [-0.1, -0.05) is 19.4 Å². The number of hydrogen-bond acceptors (Lipinski definition) is 1. The minimum absolute atomic E-state index is 0.726. The maximum absolute atomic E-state index is 5.36. The van der Waals surface area contributed by atoms with Gasteiger partial charge in [-0.2, -0.15) is 0 Å². The highest BCUT2D eigenvalue weighted by Crippen LogP contribution is 2.13. The number of benzene rings is 1. The maximum Gasteiger partial charge on any atom is 0.120 e. The molecule has 0 N–H and O–H groups in total. The summed E-state index contributed by atoms with van der Waals surface area (Å²) in [6.45, 7) is 4.89. The van der Waals surface area contributed by atoms with Crippen LogP contribution in [0.2, 0.25) is 0 Å². The van der Waals surface area contributed by atoms with E-state index in [2.05, 4.69) is 19.1 Å². The van der Waals surface area contributed by atoms with Crippen molar-refractivity contribution in [2.75, 3.05) is 6.61 Å². The van der Waals surface area contributed by atoms with Gasteiger partial charge in [-0.3, -0.25) is 0 Å². The van der Waals surface area contributed by atoms with Crippen LogP contribution in [0.25, 0.3) is 0 Å². The first kappa shape index (κ1) is 9.11. The Balaban J connectivity index is 2.67. The molecule has 0 aliphatic heterocycles. The lowest BCUT2D eigenvalue weighted by Gasteiger charge is -2.04. The predicted molar refractivity (Wildman–Crippen MR) is 50.4 cm³/mol. The summed E-state index contributed by atoms with van der Waals surface area (Å²) in [5.41, 5.74) is 1.31. The summed E-state index contributed by atoms with van der Waals surface area (Å²) in [5.74, 6) is 0.934. The first-order valence-electron chi connectivity index (χ1n) is 4.49. The molecule has 1 nitrogen and oxygen atoms in total. The highest BCUT2D eigenvalue weighted by atomic mass is 16.5. The van der Waals surface area contributed by atoms with Crippen molar-refractivity contribution in [2.45, 2.75) is 26.7 Å². The van der Waals surface area contributed by atoms with Gasteiger partial charge in [0.25, 0.3) is 0 Å². The Morgan fingerprint density at radius 1 is 1.33 bits per heavy atom. The molecular formula is C11H15O. The fourth-order valence-electron chi connectivity index (χ4n) is 1.18. The average molecular weight is 163 g/mol. The van der Waals surface area contributed by atoms with Crippen LogP contribution in [0.5, 0.6) is 5.75 Å². The van der Waals surface area contributed by atoms with Crippen molar-refractivity contribution in [2.24, 2.45) is 0 Å². The van der Waals surface area contributed by atoms with Crippen molar-refractivity contribution >= 4 is 0 Å². The molecule has 0 atom stereocenters. The molecule has 0 saturated carbocycles. The summed E-state index contributed by atoms with van der Waals surface area (Å²) < 4.78 is 5.36. The van der Waals surface area contributed by atoms with E-state index in [1.807, 2.05) is 19.1 Å². The molecule has 0 saturated heterocycles. The van der Waals surface area contributed by atoms with Crippen LogP contribution in [0.1, 0.15) is 25.8 Å². The highest BCUT2D eigenvalue weighted by Gasteiger charge is 1.94. The molecular weight excluding hydrogens is 148 g/mol. The fourth-order valence-corrected chi connectivity index (χ4v) is 1.18. The molecule has 0 aliphatic rings. The number of aryl methyl sites for hydroxylation is 1.